The van der Waals surface area contributed by atoms with Crippen molar-refractivity contribution in [1.82, 2.24) is 0 Å². The molecule has 2 aromatic carbocycles. The average Bonchev–Trinajstić information content (AvgIpc) is 2.59. The molecule has 2 aliphatic rings. The number of aliphatic imine (C=N–C) groups is 1. The van der Waals surface area contributed by atoms with Crippen molar-refractivity contribution in [3.8, 4) is 0 Å². The Labute approximate surface area is 158 Å². The summed E-state index contributed by atoms with van der Waals surface area (Å²) in [5, 5.41) is 2.78. The summed E-state index contributed by atoms with van der Waals surface area (Å²) in [5.41, 5.74) is 7.31. The number of fused-ring (bicyclic) bond motifs is 2. The van der Waals surface area contributed by atoms with Crippen molar-refractivity contribution in [2.45, 2.75) is 65.8 Å². The van der Waals surface area contributed by atoms with E-state index < -0.39 is 0 Å². The minimum atomic E-state index is 0.0843. The molecule has 1 heterocycles. The zero-order valence-electron chi connectivity index (χ0n) is 17.2. The lowest BCUT2D eigenvalue weighted by atomic mass is 9.57. The van der Waals surface area contributed by atoms with Gasteiger partial charge in [-0.05, 0) is 54.0 Å². The molecule has 1 aliphatic carbocycles. The van der Waals surface area contributed by atoms with Gasteiger partial charge in [-0.1, -0.05) is 69.7 Å². The van der Waals surface area contributed by atoms with Crippen LogP contribution in [0.15, 0.2) is 47.0 Å². The summed E-state index contributed by atoms with van der Waals surface area (Å²) in [5.74, 6) is 1.39. The molecule has 4 rings (SSSR count). The van der Waals surface area contributed by atoms with E-state index in [2.05, 4.69) is 84.9 Å². The summed E-state index contributed by atoms with van der Waals surface area (Å²) in [7, 11) is 0. The van der Waals surface area contributed by atoms with Crippen LogP contribution in [-0.4, -0.2) is 11.8 Å². The van der Waals surface area contributed by atoms with E-state index in [1.807, 2.05) is 0 Å². The standard InChI is InChI=1S/C25H31N/c1-14(2)12-21-16(4)24-22-20(15(3)17(5)26-24)13-18-10-8-9-11-19(18)23(22)25(21,6)7/h8-13,15-17,21H,1-7H3. The van der Waals surface area contributed by atoms with E-state index in [0.29, 0.717) is 23.8 Å². The van der Waals surface area contributed by atoms with Gasteiger partial charge in [-0.2, -0.15) is 0 Å². The largest absolute Gasteiger partial charge is 0.285 e. The van der Waals surface area contributed by atoms with Gasteiger partial charge in [-0.25, -0.2) is 0 Å². The second-order valence-electron chi connectivity index (χ2n) is 9.26. The first-order valence-corrected chi connectivity index (χ1v) is 10.0. The Hall–Kier alpha value is -1.89. The molecule has 0 radical (unpaired) electrons. The summed E-state index contributed by atoms with van der Waals surface area (Å²) < 4.78 is 0. The molecular weight excluding hydrogens is 314 g/mol. The van der Waals surface area contributed by atoms with Crippen molar-refractivity contribution < 1.29 is 0 Å². The third kappa shape index (κ3) is 2.32. The highest BCUT2D eigenvalue weighted by atomic mass is 14.8. The average molecular weight is 346 g/mol. The molecule has 0 N–H and O–H groups in total. The van der Waals surface area contributed by atoms with Crippen LogP contribution in [0.5, 0.6) is 0 Å². The van der Waals surface area contributed by atoms with Crippen LogP contribution in [0.2, 0.25) is 0 Å². The van der Waals surface area contributed by atoms with Crippen LogP contribution in [-0.2, 0) is 5.41 Å². The van der Waals surface area contributed by atoms with Crippen molar-refractivity contribution >= 4 is 16.5 Å². The fourth-order valence-electron chi connectivity index (χ4n) is 5.35. The maximum absolute atomic E-state index is 5.23. The van der Waals surface area contributed by atoms with Crippen LogP contribution in [0.25, 0.3) is 10.8 Å². The van der Waals surface area contributed by atoms with Gasteiger partial charge in [0.2, 0.25) is 0 Å². The SMILES string of the molecule is CC(C)=CC1C(C)C2=NC(C)C(C)c3cc4ccccc4c(c32)C1(C)C. The Bertz CT molecular complexity index is 940. The van der Waals surface area contributed by atoms with Crippen molar-refractivity contribution in [1.29, 1.82) is 0 Å². The number of nitrogens with zero attached hydrogens (tertiary/aromatic N) is 1. The highest BCUT2D eigenvalue weighted by molar-refractivity contribution is 6.11. The van der Waals surface area contributed by atoms with E-state index in [4.69, 9.17) is 4.99 Å². The molecule has 0 spiro atoms. The Kier molecular flexibility index (Phi) is 3.91. The van der Waals surface area contributed by atoms with Crippen LogP contribution in [0.3, 0.4) is 0 Å². The molecule has 0 fully saturated rings. The Morgan fingerprint density at radius 3 is 2.42 bits per heavy atom. The maximum Gasteiger partial charge on any atom is 0.0541 e. The lowest BCUT2D eigenvalue weighted by Gasteiger charge is -2.47. The van der Waals surface area contributed by atoms with Crippen LogP contribution in [0.4, 0.5) is 0 Å². The first-order chi connectivity index (χ1) is 12.2. The quantitative estimate of drug-likeness (QED) is 0.513. The van der Waals surface area contributed by atoms with Gasteiger partial charge >= 0.3 is 0 Å². The van der Waals surface area contributed by atoms with E-state index in [-0.39, 0.29) is 5.41 Å². The normalized spacial score (nSPS) is 29.1. The number of allylic oxidation sites excluding steroid dienone is 2. The second kappa shape index (κ2) is 5.81. The summed E-state index contributed by atoms with van der Waals surface area (Å²) in [6.07, 6.45) is 2.49. The first kappa shape index (κ1) is 17.5. The van der Waals surface area contributed by atoms with Gasteiger partial charge in [0, 0.05) is 23.1 Å². The van der Waals surface area contributed by atoms with Crippen LogP contribution < -0.4 is 0 Å². The zero-order chi connectivity index (χ0) is 18.8. The zero-order valence-corrected chi connectivity index (χ0v) is 17.2. The predicted octanol–water partition coefficient (Wildman–Crippen LogP) is 6.64. The molecule has 0 saturated carbocycles. The lowest BCUT2D eigenvalue weighted by Crippen LogP contribution is -2.45. The highest BCUT2D eigenvalue weighted by Crippen LogP contribution is 2.52. The van der Waals surface area contributed by atoms with Crippen molar-refractivity contribution in [2.24, 2.45) is 16.8 Å². The third-order valence-electron chi connectivity index (χ3n) is 6.85. The first-order valence-electron chi connectivity index (χ1n) is 10.0. The maximum atomic E-state index is 5.23. The number of hydrogen-bond donors (Lipinski definition) is 0. The topological polar surface area (TPSA) is 12.4 Å². The van der Waals surface area contributed by atoms with E-state index in [1.54, 1.807) is 0 Å². The van der Waals surface area contributed by atoms with Crippen LogP contribution in [0, 0.1) is 11.8 Å². The molecule has 26 heavy (non-hydrogen) atoms. The third-order valence-corrected chi connectivity index (χ3v) is 6.85. The fourth-order valence-corrected chi connectivity index (χ4v) is 5.35. The van der Waals surface area contributed by atoms with Gasteiger partial charge in [0.1, 0.15) is 0 Å². The molecule has 4 unspecified atom stereocenters. The van der Waals surface area contributed by atoms with Crippen molar-refractivity contribution in [3.05, 3.63) is 58.7 Å². The number of benzene rings is 2. The minimum Gasteiger partial charge on any atom is -0.285 e. The second-order valence-corrected chi connectivity index (χ2v) is 9.26. The Morgan fingerprint density at radius 1 is 1.04 bits per heavy atom. The number of hydrogen-bond acceptors (Lipinski definition) is 1. The van der Waals surface area contributed by atoms with E-state index in [1.165, 1.54) is 38.7 Å². The van der Waals surface area contributed by atoms with Gasteiger partial charge in [0.05, 0.1) is 6.04 Å². The van der Waals surface area contributed by atoms with E-state index >= 15 is 0 Å². The van der Waals surface area contributed by atoms with Crippen molar-refractivity contribution in [3.63, 3.8) is 0 Å². The van der Waals surface area contributed by atoms with Gasteiger partial charge in [-0.15, -0.1) is 0 Å². The summed E-state index contributed by atoms with van der Waals surface area (Å²) in [4.78, 5) is 5.23. The van der Waals surface area contributed by atoms with Crippen molar-refractivity contribution in [2.75, 3.05) is 0 Å². The Balaban J connectivity index is 2.15. The predicted molar refractivity (Wildman–Crippen MR) is 113 cm³/mol. The Morgan fingerprint density at radius 2 is 1.73 bits per heavy atom. The molecule has 4 atom stereocenters. The highest BCUT2D eigenvalue weighted by Gasteiger charge is 2.46. The fraction of sp³-hybridized carbons (Fsp3) is 0.480. The molecular formula is C25H31N. The smallest absolute Gasteiger partial charge is 0.0541 e. The molecule has 136 valence electrons. The summed E-state index contributed by atoms with van der Waals surface area (Å²) in [6.45, 7) is 16.3. The molecule has 2 aromatic rings. The molecule has 1 aliphatic heterocycles. The van der Waals surface area contributed by atoms with E-state index in [9.17, 15) is 0 Å². The summed E-state index contributed by atoms with van der Waals surface area (Å²) >= 11 is 0. The molecule has 0 bridgehead atoms. The molecule has 0 saturated heterocycles. The van der Waals surface area contributed by atoms with E-state index in [0.717, 1.165) is 0 Å². The van der Waals surface area contributed by atoms with Gasteiger partial charge < -0.3 is 0 Å². The molecule has 1 heteroatoms. The van der Waals surface area contributed by atoms with Crippen LogP contribution >= 0.6 is 0 Å². The van der Waals surface area contributed by atoms with Gasteiger partial charge in [-0.3, -0.25) is 4.99 Å². The van der Waals surface area contributed by atoms with Gasteiger partial charge in [0.25, 0.3) is 0 Å². The monoisotopic (exact) mass is 345 g/mol. The van der Waals surface area contributed by atoms with Gasteiger partial charge in [0.15, 0.2) is 0 Å². The molecule has 1 nitrogen and oxygen atoms in total. The molecule has 0 amide bonds. The minimum absolute atomic E-state index is 0.0843. The number of rotatable bonds is 1. The molecule has 0 aromatic heterocycles. The van der Waals surface area contributed by atoms with Crippen LogP contribution in [0.1, 0.15) is 71.1 Å². The lowest BCUT2D eigenvalue weighted by molar-refractivity contribution is 0.319. The summed E-state index contributed by atoms with van der Waals surface area (Å²) in [6, 6.07) is 11.7.